The van der Waals surface area contributed by atoms with Crippen LogP contribution in [0, 0.1) is 12.8 Å². The van der Waals surface area contributed by atoms with Gasteiger partial charge in [0.05, 0.1) is 5.92 Å². The van der Waals surface area contributed by atoms with Crippen molar-refractivity contribution in [3.05, 3.63) is 28.2 Å². The summed E-state index contributed by atoms with van der Waals surface area (Å²) in [5.74, 6) is -0.263. The Hall–Kier alpha value is -1.40. The number of aryl methyl sites for hydroxylation is 1. The number of rotatable bonds is 6. The van der Waals surface area contributed by atoms with Crippen molar-refractivity contribution in [2.45, 2.75) is 45.2 Å². The van der Waals surface area contributed by atoms with Gasteiger partial charge in [0.1, 0.15) is 0 Å². The van der Waals surface area contributed by atoms with E-state index in [1.807, 2.05) is 25.1 Å². The Morgan fingerprint density at radius 3 is 2.80 bits per heavy atom. The molecule has 0 spiro atoms. The molecular formula is C19H26BrN3O2. The smallest absolute Gasteiger partial charge is 0.227 e. The van der Waals surface area contributed by atoms with Crippen molar-refractivity contribution in [3.63, 3.8) is 0 Å². The number of likely N-dealkylation sites (N-methyl/N-ethyl adjacent to an activating group) is 1. The summed E-state index contributed by atoms with van der Waals surface area (Å²) < 4.78 is 1.02. The molecule has 2 unspecified atom stereocenters. The summed E-state index contributed by atoms with van der Waals surface area (Å²) in [6, 6.07) is 6.84. The fourth-order valence-electron chi connectivity index (χ4n) is 3.31. The Morgan fingerprint density at radius 1 is 1.44 bits per heavy atom. The largest absolute Gasteiger partial charge is 0.354 e. The molecule has 2 aliphatic rings. The van der Waals surface area contributed by atoms with E-state index in [0.717, 1.165) is 15.7 Å². The van der Waals surface area contributed by atoms with Gasteiger partial charge in [0.25, 0.3) is 0 Å². The number of benzene rings is 1. The van der Waals surface area contributed by atoms with Crippen molar-refractivity contribution in [2.24, 2.45) is 5.92 Å². The van der Waals surface area contributed by atoms with Gasteiger partial charge < -0.3 is 10.2 Å². The summed E-state index contributed by atoms with van der Waals surface area (Å²) >= 11 is 3.48. The first-order chi connectivity index (χ1) is 11.9. The molecule has 1 aliphatic carbocycles. The van der Waals surface area contributed by atoms with Gasteiger partial charge in [0.2, 0.25) is 11.8 Å². The molecule has 6 heteroatoms. The molecule has 136 valence electrons. The normalized spacial score (nSPS) is 21.7. The van der Waals surface area contributed by atoms with E-state index in [0.29, 0.717) is 25.2 Å². The van der Waals surface area contributed by atoms with Crippen LogP contribution in [0.5, 0.6) is 0 Å². The minimum atomic E-state index is -0.269. The molecule has 2 atom stereocenters. The van der Waals surface area contributed by atoms with Crippen molar-refractivity contribution in [3.8, 4) is 0 Å². The Bertz CT molecular complexity index is 675. The van der Waals surface area contributed by atoms with Crippen molar-refractivity contribution in [1.29, 1.82) is 0 Å². The van der Waals surface area contributed by atoms with Crippen molar-refractivity contribution < 1.29 is 9.59 Å². The number of nitrogens with one attached hydrogen (secondary N) is 1. The van der Waals surface area contributed by atoms with Crippen molar-refractivity contribution in [1.82, 2.24) is 10.2 Å². The summed E-state index contributed by atoms with van der Waals surface area (Å²) in [5, 5.41) is 3.03. The Balaban J connectivity index is 1.55. The van der Waals surface area contributed by atoms with Crippen molar-refractivity contribution >= 4 is 33.4 Å². The summed E-state index contributed by atoms with van der Waals surface area (Å²) in [6.07, 6.45) is 2.80. The van der Waals surface area contributed by atoms with E-state index in [4.69, 9.17) is 0 Å². The number of hydrogen-bond donors (Lipinski definition) is 1. The lowest BCUT2D eigenvalue weighted by Gasteiger charge is -2.25. The van der Waals surface area contributed by atoms with Gasteiger partial charge in [-0.15, -0.1) is 0 Å². The standard InChI is InChI=1S/C19H26BrN3O2/c1-12-8-16(6-7-17(12)20)23-11-14(9-18(23)24)19(25)21-10-13(2)22(3)15-4-5-15/h6-8,13-15H,4-5,9-11H2,1-3H3,(H,21,25). The second-order valence-corrected chi connectivity index (χ2v) is 8.18. The zero-order valence-electron chi connectivity index (χ0n) is 15.1. The lowest BCUT2D eigenvalue weighted by atomic mass is 10.1. The molecule has 2 fully saturated rings. The second kappa shape index (κ2) is 7.46. The summed E-state index contributed by atoms with van der Waals surface area (Å²) in [5.41, 5.74) is 1.94. The maximum absolute atomic E-state index is 12.5. The molecule has 1 aliphatic heterocycles. The van der Waals surface area contributed by atoms with Crippen LogP contribution >= 0.6 is 15.9 Å². The highest BCUT2D eigenvalue weighted by Gasteiger charge is 2.35. The highest BCUT2D eigenvalue weighted by molar-refractivity contribution is 9.10. The highest BCUT2D eigenvalue weighted by atomic mass is 79.9. The number of hydrogen-bond acceptors (Lipinski definition) is 3. The molecule has 3 rings (SSSR count). The van der Waals surface area contributed by atoms with Crippen molar-refractivity contribution in [2.75, 3.05) is 25.0 Å². The minimum Gasteiger partial charge on any atom is -0.354 e. The van der Waals surface area contributed by atoms with Gasteiger partial charge in [-0.2, -0.15) is 0 Å². The molecule has 1 saturated carbocycles. The van der Waals surface area contributed by atoms with Gasteiger partial charge in [-0.05, 0) is 57.5 Å². The van der Waals surface area contributed by atoms with Gasteiger partial charge in [-0.1, -0.05) is 15.9 Å². The molecule has 1 N–H and O–H groups in total. The van der Waals surface area contributed by atoms with Gasteiger partial charge in [0, 0.05) is 41.8 Å². The van der Waals surface area contributed by atoms with E-state index in [1.165, 1.54) is 12.8 Å². The first-order valence-corrected chi connectivity index (χ1v) is 9.72. The number of halogens is 1. The molecule has 0 aromatic heterocycles. The lowest BCUT2D eigenvalue weighted by Crippen LogP contribution is -2.43. The number of amides is 2. The maximum Gasteiger partial charge on any atom is 0.227 e. The van der Waals surface area contributed by atoms with Gasteiger partial charge in [-0.3, -0.25) is 14.5 Å². The van der Waals surface area contributed by atoms with Gasteiger partial charge in [-0.25, -0.2) is 0 Å². The second-order valence-electron chi connectivity index (χ2n) is 7.33. The molecule has 5 nitrogen and oxygen atoms in total. The number of anilines is 1. The third-order valence-electron chi connectivity index (χ3n) is 5.34. The van der Waals surface area contributed by atoms with Crippen LogP contribution in [-0.2, 0) is 9.59 Å². The van der Waals surface area contributed by atoms with Gasteiger partial charge in [0.15, 0.2) is 0 Å². The predicted molar refractivity (Wildman–Crippen MR) is 103 cm³/mol. The van der Waals surface area contributed by atoms with Crippen LogP contribution in [0.15, 0.2) is 22.7 Å². The maximum atomic E-state index is 12.5. The number of carbonyl (C=O) groups excluding carboxylic acids is 2. The molecule has 1 saturated heterocycles. The Labute approximate surface area is 157 Å². The highest BCUT2D eigenvalue weighted by Crippen LogP contribution is 2.29. The average molecular weight is 408 g/mol. The third kappa shape index (κ3) is 4.23. The fraction of sp³-hybridized carbons (Fsp3) is 0.579. The molecule has 1 aromatic carbocycles. The Morgan fingerprint density at radius 2 is 2.16 bits per heavy atom. The summed E-state index contributed by atoms with van der Waals surface area (Å²) in [7, 11) is 2.12. The van der Waals surface area contributed by atoms with Crippen LogP contribution in [0.3, 0.4) is 0 Å². The van der Waals surface area contributed by atoms with Gasteiger partial charge >= 0.3 is 0 Å². The van der Waals surface area contributed by atoms with E-state index in [-0.39, 0.29) is 24.2 Å². The monoisotopic (exact) mass is 407 g/mol. The fourth-order valence-corrected chi connectivity index (χ4v) is 3.55. The molecule has 1 heterocycles. The average Bonchev–Trinajstić information content (AvgIpc) is 3.36. The van der Waals surface area contributed by atoms with Crippen LogP contribution < -0.4 is 10.2 Å². The van der Waals surface area contributed by atoms with Crippen LogP contribution in [-0.4, -0.2) is 48.9 Å². The first-order valence-electron chi connectivity index (χ1n) is 8.93. The zero-order valence-corrected chi connectivity index (χ0v) is 16.7. The quantitative estimate of drug-likeness (QED) is 0.788. The third-order valence-corrected chi connectivity index (χ3v) is 6.23. The molecular weight excluding hydrogens is 382 g/mol. The molecule has 1 aromatic rings. The number of nitrogens with zero attached hydrogens (tertiary/aromatic N) is 2. The summed E-state index contributed by atoms with van der Waals surface area (Å²) in [4.78, 5) is 28.9. The summed E-state index contributed by atoms with van der Waals surface area (Å²) in [6.45, 7) is 5.22. The molecule has 0 bridgehead atoms. The van der Waals surface area contributed by atoms with Crippen LogP contribution in [0.4, 0.5) is 5.69 Å². The van der Waals surface area contributed by atoms with E-state index in [2.05, 4.69) is 40.1 Å². The SMILES string of the molecule is Cc1cc(N2CC(C(=O)NCC(C)N(C)C3CC3)CC2=O)ccc1Br. The molecule has 2 amide bonds. The topological polar surface area (TPSA) is 52.7 Å². The zero-order chi connectivity index (χ0) is 18.1. The van der Waals surface area contributed by atoms with E-state index in [1.54, 1.807) is 4.90 Å². The van der Waals surface area contributed by atoms with E-state index in [9.17, 15) is 9.59 Å². The minimum absolute atomic E-state index is 0.0132. The first kappa shape index (κ1) is 18.4. The van der Waals surface area contributed by atoms with Crippen LogP contribution in [0.1, 0.15) is 31.7 Å². The van der Waals surface area contributed by atoms with Crippen LogP contribution in [0.25, 0.3) is 0 Å². The molecule has 25 heavy (non-hydrogen) atoms. The number of carbonyl (C=O) groups is 2. The lowest BCUT2D eigenvalue weighted by molar-refractivity contribution is -0.126. The predicted octanol–water partition coefficient (Wildman–Crippen LogP) is 2.71. The van der Waals surface area contributed by atoms with E-state index < -0.39 is 0 Å². The Kier molecular flexibility index (Phi) is 5.49. The molecule has 0 radical (unpaired) electrons. The van der Waals surface area contributed by atoms with Crippen LogP contribution in [0.2, 0.25) is 0 Å². The van der Waals surface area contributed by atoms with E-state index >= 15 is 0 Å².